The molecule has 1 fully saturated rings. The molecule has 0 N–H and O–H groups in total. The van der Waals surface area contributed by atoms with Gasteiger partial charge in [0.2, 0.25) is 0 Å². The molecule has 1 aromatic rings. The van der Waals surface area contributed by atoms with E-state index in [2.05, 4.69) is 39.3 Å². The second-order valence-electron chi connectivity index (χ2n) is 4.45. The highest BCUT2D eigenvalue weighted by Gasteiger charge is 2.16. The van der Waals surface area contributed by atoms with E-state index >= 15 is 0 Å². The van der Waals surface area contributed by atoms with Gasteiger partial charge in [-0.05, 0) is 47.3 Å². The number of hydrogen-bond acceptors (Lipinski definition) is 2. The Bertz CT molecular complexity index is 376. The second-order valence-corrected chi connectivity index (χ2v) is 5.69. The van der Waals surface area contributed by atoms with Gasteiger partial charge in [-0.25, -0.2) is 4.39 Å². The predicted molar refractivity (Wildman–Crippen MR) is 76.5 cm³/mol. The van der Waals surface area contributed by atoms with E-state index in [9.17, 15) is 4.39 Å². The van der Waals surface area contributed by atoms with Gasteiger partial charge in [-0.1, -0.05) is 6.92 Å². The van der Waals surface area contributed by atoms with Gasteiger partial charge >= 0.3 is 0 Å². The minimum atomic E-state index is -0.0802. The number of nitrogens with zero attached hydrogens (tertiary/aromatic N) is 2. The molecule has 17 heavy (non-hydrogen) atoms. The predicted octanol–water partition coefficient (Wildman–Crippen LogP) is 2.57. The Morgan fingerprint density at radius 1 is 1.18 bits per heavy atom. The molecular weight excluding hydrogens is 330 g/mol. The topological polar surface area (TPSA) is 6.48 Å². The maximum Gasteiger partial charge on any atom is 0.127 e. The van der Waals surface area contributed by atoms with E-state index in [4.69, 9.17) is 0 Å². The van der Waals surface area contributed by atoms with Crippen molar-refractivity contribution >= 4 is 22.6 Å². The third-order valence-electron chi connectivity index (χ3n) is 3.31. The molecule has 0 saturated carbocycles. The molecule has 1 aliphatic rings. The fourth-order valence-electron chi connectivity index (χ4n) is 2.17. The standard InChI is InChI=1S/C13H18FIN2/c1-2-16-5-7-17(8-6-16)10-11-9-12(15)3-4-13(11)14/h3-4,9H,2,5-8,10H2,1H3. The van der Waals surface area contributed by atoms with Gasteiger partial charge in [0.05, 0.1) is 0 Å². The average Bonchev–Trinajstić information content (AvgIpc) is 2.35. The Kier molecular flexibility index (Phi) is 4.76. The smallest absolute Gasteiger partial charge is 0.127 e. The summed E-state index contributed by atoms with van der Waals surface area (Å²) in [4.78, 5) is 4.77. The Balaban J connectivity index is 1.95. The van der Waals surface area contributed by atoms with Gasteiger partial charge in [0.25, 0.3) is 0 Å². The molecule has 0 spiro atoms. The van der Waals surface area contributed by atoms with Gasteiger partial charge in [0.1, 0.15) is 5.82 Å². The van der Waals surface area contributed by atoms with Gasteiger partial charge in [-0.15, -0.1) is 0 Å². The molecule has 94 valence electrons. The Morgan fingerprint density at radius 2 is 1.82 bits per heavy atom. The molecule has 1 aromatic carbocycles. The fourth-order valence-corrected chi connectivity index (χ4v) is 2.72. The molecule has 2 rings (SSSR count). The van der Waals surface area contributed by atoms with Crippen LogP contribution in [0.25, 0.3) is 0 Å². The average molecular weight is 348 g/mol. The molecule has 4 heteroatoms. The van der Waals surface area contributed by atoms with Crippen molar-refractivity contribution in [1.82, 2.24) is 9.80 Å². The van der Waals surface area contributed by atoms with Crippen molar-refractivity contribution < 1.29 is 4.39 Å². The van der Waals surface area contributed by atoms with E-state index in [-0.39, 0.29) is 5.82 Å². The first-order valence-electron chi connectivity index (χ1n) is 6.07. The van der Waals surface area contributed by atoms with Gasteiger partial charge in [-0.2, -0.15) is 0 Å². The van der Waals surface area contributed by atoms with Crippen LogP contribution in [-0.2, 0) is 6.54 Å². The number of benzene rings is 1. The highest BCUT2D eigenvalue weighted by Crippen LogP contribution is 2.15. The number of hydrogen-bond donors (Lipinski definition) is 0. The molecule has 1 saturated heterocycles. The number of rotatable bonds is 3. The molecule has 0 radical (unpaired) electrons. The zero-order valence-electron chi connectivity index (χ0n) is 10.1. The van der Waals surface area contributed by atoms with E-state index in [1.807, 2.05) is 12.1 Å². The first kappa shape index (κ1) is 13.2. The maximum absolute atomic E-state index is 13.6. The minimum Gasteiger partial charge on any atom is -0.301 e. The van der Waals surface area contributed by atoms with Crippen LogP contribution in [0.4, 0.5) is 4.39 Å². The monoisotopic (exact) mass is 348 g/mol. The van der Waals surface area contributed by atoms with Crippen LogP contribution >= 0.6 is 22.6 Å². The third-order valence-corrected chi connectivity index (χ3v) is 3.98. The number of halogens is 2. The van der Waals surface area contributed by atoms with Crippen LogP contribution in [0, 0.1) is 9.39 Å². The summed E-state index contributed by atoms with van der Waals surface area (Å²) >= 11 is 2.23. The minimum absolute atomic E-state index is 0.0802. The Morgan fingerprint density at radius 3 is 2.47 bits per heavy atom. The zero-order valence-corrected chi connectivity index (χ0v) is 12.3. The van der Waals surface area contributed by atoms with Gasteiger partial charge in [-0.3, -0.25) is 4.90 Å². The molecular formula is C13H18FIN2. The summed E-state index contributed by atoms with van der Waals surface area (Å²) in [6.07, 6.45) is 0. The van der Waals surface area contributed by atoms with Crippen LogP contribution < -0.4 is 0 Å². The summed E-state index contributed by atoms with van der Waals surface area (Å²) in [5.41, 5.74) is 0.821. The largest absolute Gasteiger partial charge is 0.301 e. The van der Waals surface area contributed by atoms with E-state index in [1.54, 1.807) is 6.07 Å². The number of piperazine rings is 1. The maximum atomic E-state index is 13.6. The first-order chi connectivity index (χ1) is 8.19. The van der Waals surface area contributed by atoms with Crippen LogP contribution in [0.5, 0.6) is 0 Å². The van der Waals surface area contributed by atoms with Crippen molar-refractivity contribution in [2.45, 2.75) is 13.5 Å². The molecule has 2 nitrogen and oxygen atoms in total. The van der Waals surface area contributed by atoms with E-state index in [1.165, 1.54) is 0 Å². The van der Waals surface area contributed by atoms with Gasteiger partial charge in [0.15, 0.2) is 0 Å². The van der Waals surface area contributed by atoms with Gasteiger partial charge < -0.3 is 4.90 Å². The lowest BCUT2D eigenvalue weighted by atomic mass is 10.2. The molecule has 1 heterocycles. The van der Waals surface area contributed by atoms with Crippen LogP contribution in [-0.4, -0.2) is 42.5 Å². The van der Waals surface area contributed by atoms with E-state index < -0.39 is 0 Å². The van der Waals surface area contributed by atoms with Crippen molar-refractivity contribution in [2.75, 3.05) is 32.7 Å². The molecule has 0 aromatic heterocycles. The van der Waals surface area contributed by atoms with Crippen molar-refractivity contribution in [3.8, 4) is 0 Å². The lowest BCUT2D eigenvalue weighted by molar-refractivity contribution is 0.131. The summed E-state index contributed by atoms with van der Waals surface area (Å²) in [6.45, 7) is 8.32. The first-order valence-corrected chi connectivity index (χ1v) is 7.15. The third kappa shape index (κ3) is 3.63. The van der Waals surface area contributed by atoms with E-state index in [0.29, 0.717) is 0 Å². The summed E-state index contributed by atoms with van der Waals surface area (Å²) in [6, 6.07) is 5.33. The summed E-state index contributed by atoms with van der Waals surface area (Å²) in [5.74, 6) is -0.0802. The summed E-state index contributed by atoms with van der Waals surface area (Å²) in [7, 11) is 0. The highest BCUT2D eigenvalue weighted by molar-refractivity contribution is 14.1. The second kappa shape index (κ2) is 6.11. The molecule has 0 aliphatic carbocycles. The van der Waals surface area contributed by atoms with Crippen molar-refractivity contribution in [1.29, 1.82) is 0 Å². The van der Waals surface area contributed by atoms with Crippen LogP contribution in [0.2, 0.25) is 0 Å². The molecule has 1 aliphatic heterocycles. The lowest BCUT2D eigenvalue weighted by Gasteiger charge is -2.34. The van der Waals surface area contributed by atoms with Crippen molar-refractivity contribution in [3.05, 3.63) is 33.1 Å². The van der Waals surface area contributed by atoms with Crippen molar-refractivity contribution in [2.24, 2.45) is 0 Å². The van der Waals surface area contributed by atoms with E-state index in [0.717, 1.165) is 48.4 Å². The number of likely N-dealkylation sites (N-methyl/N-ethyl adjacent to an activating group) is 1. The van der Waals surface area contributed by atoms with Gasteiger partial charge in [0, 0.05) is 41.9 Å². The highest BCUT2D eigenvalue weighted by atomic mass is 127. The quantitative estimate of drug-likeness (QED) is 0.775. The van der Waals surface area contributed by atoms with Crippen LogP contribution in [0.1, 0.15) is 12.5 Å². The Labute approximate surface area is 116 Å². The normalized spacial score (nSPS) is 18.5. The SMILES string of the molecule is CCN1CCN(Cc2cc(I)ccc2F)CC1. The lowest BCUT2D eigenvalue weighted by Crippen LogP contribution is -2.45. The van der Waals surface area contributed by atoms with Crippen molar-refractivity contribution in [3.63, 3.8) is 0 Å². The summed E-state index contributed by atoms with van der Waals surface area (Å²) in [5, 5.41) is 0. The van der Waals surface area contributed by atoms with Crippen LogP contribution in [0.15, 0.2) is 18.2 Å². The Hall–Kier alpha value is -0.200. The molecule has 0 bridgehead atoms. The molecule has 0 amide bonds. The molecule has 0 unspecified atom stereocenters. The summed E-state index contributed by atoms with van der Waals surface area (Å²) < 4.78 is 14.7. The fraction of sp³-hybridized carbons (Fsp3) is 0.538. The molecule has 0 atom stereocenters. The van der Waals surface area contributed by atoms with Crippen LogP contribution in [0.3, 0.4) is 0 Å². The zero-order chi connectivity index (χ0) is 12.3.